The van der Waals surface area contributed by atoms with Gasteiger partial charge in [-0.2, -0.15) is 11.8 Å². The molecule has 0 unspecified atom stereocenters. The molecule has 3 nitrogen and oxygen atoms in total. The molecule has 1 aromatic carbocycles. The molecule has 1 aromatic rings. The van der Waals surface area contributed by atoms with Gasteiger partial charge in [0.2, 0.25) is 0 Å². The van der Waals surface area contributed by atoms with Gasteiger partial charge in [-0.3, -0.25) is 0 Å². The molecule has 0 amide bonds. The van der Waals surface area contributed by atoms with Crippen molar-refractivity contribution in [3.8, 4) is 0 Å². The normalized spacial score (nSPS) is 12.8. The maximum absolute atomic E-state index is 13.1. The standard InChI is InChI=1S/C12H17FN2OS/c1-12(2,3)17-7-8-4-5-9(13)6-10(8)11(14)15-16/h4-6,16H,7H2,1-3H3,(H2,14,15). The summed E-state index contributed by atoms with van der Waals surface area (Å²) in [5.74, 6) is 0.236. The van der Waals surface area contributed by atoms with Gasteiger partial charge < -0.3 is 10.9 Å². The largest absolute Gasteiger partial charge is 0.409 e. The molecule has 0 aromatic heterocycles. The summed E-state index contributed by atoms with van der Waals surface area (Å²) < 4.78 is 13.2. The van der Waals surface area contributed by atoms with E-state index < -0.39 is 5.82 Å². The van der Waals surface area contributed by atoms with Crippen LogP contribution in [0.5, 0.6) is 0 Å². The minimum absolute atomic E-state index is 0.0611. The number of rotatable bonds is 3. The maximum atomic E-state index is 13.1. The van der Waals surface area contributed by atoms with Crippen molar-refractivity contribution in [1.82, 2.24) is 0 Å². The third-order valence-electron chi connectivity index (χ3n) is 2.12. The molecule has 0 fully saturated rings. The van der Waals surface area contributed by atoms with Crippen LogP contribution >= 0.6 is 11.8 Å². The smallest absolute Gasteiger partial charge is 0.170 e. The van der Waals surface area contributed by atoms with Crippen LogP contribution in [0.4, 0.5) is 4.39 Å². The van der Waals surface area contributed by atoms with Crippen LogP contribution in [0.2, 0.25) is 0 Å². The highest BCUT2D eigenvalue weighted by Crippen LogP contribution is 2.28. The Bertz CT molecular complexity index is 427. The Labute approximate surface area is 105 Å². The SMILES string of the molecule is CC(C)(C)SCc1ccc(F)cc1C(N)=NO. The lowest BCUT2D eigenvalue weighted by Gasteiger charge is -2.18. The highest BCUT2D eigenvalue weighted by molar-refractivity contribution is 7.99. The predicted molar refractivity (Wildman–Crippen MR) is 70.0 cm³/mol. The first-order valence-corrected chi connectivity index (χ1v) is 6.22. The number of halogens is 1. The zero-order valence-corrected chi connectivity index (χ0v) is 11.0. The number of hydrogen-bond acceptors (Lipinski definition) is 3. The Morgan fingerprint density at radius 3 is 2.65 bits per heavy atom. The fraction of sp³-hybridized carbons (Fsp3) is 0.417. The van der Waals surface area contributed by atoms with Crippen LogP contribution in [0, 0.1) is 5.82 Å². The van der Waals surface area contributed by atoms with Gasteiger partial charge in [0.25, 0.3) is 0 Å². The fourth-order valence-electron chi connectivity index (χ4n) is 1.26. The van der Waals surface area contributed by atoms with E-state index in [0.29, 0.717) is 11.3 Å². The van der Waals surface area contributed by atoms with Gasteiger partial charge in [0.1, 0.15) is 5.82 Å². The minimum Gasteiger partial charge on any atom is -0.409 e. The summed E-state index contributed by atoms with van der Waals surface area (Å²) >= 11 is 1.72. The van der Waals surface area contributed by atoms with Crippen molar-refractivity contribution in [1.29, 1.82) is 0 Å². The first-order valence-electron chi connectivity index (χ1n) is 5.24. The van der Waals surface area contributed by atoms with Crippen LogP contribution in [0.1, 0.15) is 31.9 Å². The van der Waals surface area contributed by atoms with E-state index in [1.54, 1.807) is 17.8 Å². The molecule has 0 aliphatic carbocycles. The van der Waals surface area contributed by atoms with Gasteiger partial charge in [0.15, 0.2) is 5.84 Å². The third-order valence-corrected chi connectivity index (χ3v) is 3.44. The summed E-state index contributed by atoms with van der Waals surface area (Å²) in [6, 6.07) is 4.34. The molecular weight excluding hydrogens is 239 g/mol. The number of nitrogens with two attached hydrogens (primary N) is 1. The summed E-state index contributed by atoms with van der Waals surface area (Å²) in [6.45, 7) is 6.30. The van der Waals surface area contributed by atoms with E-state index in [1.165, 1.54) is 12.1 Å². The van der Waals surface area contributed by atoms with Crippen LogP contribution in [-0.2, 0) is 5.75 Å². The monoisotopic (exact) mass is 256 g/mol. The van der Waals surface area contributed by atoms with Gasteiger partial charge >= 0.3 is 0 Å². The fourth-order valence-corrected chi connectivity index (χ4v) is 2.10. The molecule has 0 spiro atoms. The Morgan fingerprint density at radius 2 is 2.12 bits per heavy atom. The Morgan fingerprint density at radius 1 is 1.47 bits per heavy atom. The van der Waals surface area contributed by atoms with Crippen molar-refractivity contribution in [3.05, 3.63) is 35.1 Å². The van der Waals surface area contributed by atoms with Crippen LogP contribution < -0.4 is 5.73 Å². The lowest BCUT2D eigenvalue weighted by atomic mass is 10.1. The molecule has 0 atom stereocenters. The third kappa shape index (κ3) is 4.26. The van der Waals surface area contributed by atoms with Crippen LogP contribution in [0.3, 0.4) is 0 Å². The summed E-state index contributed by atoms with van der Waals surface area (Å²) in [5, 5.41) is 11.6. The van der Waals surface area contributed by atoms with E-state index in [9.17, 15) is 4.39 Å². The van der Waals surface area contributed by atoms with E-state index in [-0.39, 0.29) is 10.6 Å². The summed E-state index contributed by atoms with van der Waals surface area (Å²) in [7, 11) is 0. The molecule has 0 aliphatic rings. The molecule has 94 valence electrons. The minimum atomic E-state index is -0.392. The van der Waals surface area contributed by atoms with Crippen LogP contribution in [-0.4, -0.2) is 15.8 Å². The Hall–Kier alpha value is -1.23. The van der Waals surface area contributed by atoms with Crippen molar-refractivity contribution in [2.24, 2.45) is 10.9 Å². The van der Waals surface area contributed by atoms with Gasteiger partial charge in [-0.1, -0.05) is 32.0 Å². The first kappa shape index (κ1) is 13.8. The van der Waals surface area contributed by atoms with Crippen molar-refractivity contribution >= 4 is 17.6 Å². The highest BCUT2D eigenvalue weighted by atomic mass is 32.2. The predicted octanol–water partition coefficient (Wildman–Crippen LogP) is 2.95. The summed E-state index contributed by atoms with van der Waals surface area (Å²) in [5.41, 5.74) is 6.84. The molecular formula is C12H17FN2OS. The van der Waals surface area contributed by atoms with Gasteiger partial charge in [0, 0.05) is 16.1 Å². The molecule has 0 heterocycles. The second-order valence-corrected chi connectivity index (χ2v) is 6.49. The van der Waals surface area contributed by atoms with Gasteiger partial charge in [-0.05, 0) is 17.7 Å². The molecule has 0 bridgehead atoms. The summed E-state index contributed by atoms with van der Waals surface area (Å²) in [6.07, 6.45) is 0. The molecule has 0 saturated carbocycles. The molecule has 17 heavy (non-hydrogen) atoms. The molecule has 3 N–H and O–H groups in total. The maximum Gasteiger partial charge on any atom is 0.170 e. The van der Waals surface area contributed by atoms with E-state index in [4.69, 9.17) is 10.9 Å². The van der Waals surface area contributed by atoms with E-state index in [2.05, 4.69) is 25.9 Å². The van der Waals surface area contributed by atoms with Crippen molar-refractivity contribution < 1.29 is 9.60 Å². The number of nitrogens with zero attached hydrogens (tertiary/aromatic N) is 1. The van der Waals surface area contributed by atoms with Gasteiger partial charge in [-0.15, -0.1) is 0 Å². The molecule has 0 aliphatic heterocycles. The molecule has 1 rings (SSSR count). The van der Waals surface area contributed by atoms with Crippen molar-refractivity contribution in [2.75, 3.05) is 0 Å². The molecule has 0 saturated heterocycles. The lowest BCUT2D eigenvalue weighted by molar-refractivity contribution is 0.318. The second-order valence-electron chi connectivity index (χ2n) is 4.69. The molecule has 5 heteroatoms. The number of amidine groups is 1. The van der Waals surface area contributed by atoms with Crippen molar-refractivity contribution in [2.45, 2.75) is 31.3 Å². The molecule has 0 radical (unpaired) electrons. The zero-order valence-electron chi connectivity index (χ0n) is 10.2. The number of oxime groups is 1. The van der Waals surface area contributed by atoms with Gasteiger partial charge in [0.05, 0.1) is 0 Å². The average Bonchev–Trinajstić information content (AvgIpc) is 2.25. The van der Waals surface area contributed by atoms with Crippen molar-refractivity contribution in [3.63, 3.8) is 0 Å². The highest BCUT2D eigenvalue weighted by Gasteiger charge is 2.14. The number of thioether (sulfide) groups is 1. The van der Waals surface area contributed by atoms with Gasteiger partial charge in [-0.25, -0.2) is 4.39 Å². The van der Waals surface area contributed by atoms with E-state index >= 15 is 0 Å². The first-order chi connectivity index (χ1) is 7.83. The topological polar surface area (TPSA) is 58.6 Å². The van der Waals surface area contributed by atoms with E-state index in [1.807, 2.05) is 0 Å². The Kier molecular flexibility index (Phi) is 4.40. The lowest BCUT2D eigenvalue weighted by Crippen LogP contribution is -2.16. The van der Waals surface area contributed by atoms with Crippen LogP contribution in [0.15, 0.2) is 23.4 Å². The number of benzene rings is 1. The zero-order chi connectivity index (χ0) is 13.1. The quantitative estimate of drug-likeness (QED) is 0.378. The number of hydrogen-bond donors (Lipinski definition) is 2. The van der Waals surface area contributed by atoms with Crippen LogP contribution in [0.25, 0.3) is 0 Å². The Balaban J connectivity index is 2.99. The second kappa shape index (κ2) is 5.40. The summed E-state index contributed by atoms with van der Waals surface area (Å²) in [4.78, 5) is 0. The average molecular weight is 256 g/mol. The van der Waals surface area contributed by atoms with E-state index in [0.717, 1.165) is 5.56 Å².